The van der Waals surface area contributed by atoms with E-state index in [1.807, 2.05) is 12.2 Å². The van der Waals surface area contributed by atoms with Gasteiger partial charge in [0.2, 0.25) is 0 Å². The monoisotopic (exact) mass is 883 g/mol. The number of rotatable bonds is 36. The van der Waals surface area contributed by atoms with Gasteiger partial charge in [-0.05, 0) is 70.6 Å². The van der Waals surface area contributed by atoms with Crippen LogP contribution >= 0.6 is 7.82 Å². The summed E-state index contributed by atoms with van der Waals surface area (Å²) in [6.07, 6.45) is 32.5. The summed E-state index contributed by atoms with van der Waals surface area (Å²) in [6, 6.07) is 0. The molecule has 0 aromatic heterocycles. The number of carbonyl (C=O) groups is 2. The summed E-state index contributed by atoms with van der Waals surface area (Å²) in [6.45, 7) is 3.09. The molecule has 61 heavy (non-hydrogen) atoms. The second kappa shape index (κ2) is 36.7. The Balaban J connectivity index is 2.51. The Morgan fingerprint density at radius 1 is 0.525 bits per heavy atom. The van der Waals surface area contributed by atoms with Gasteiger partial charge < -0.3 is 39.9 Å². The number of allylic oxidation sites excluding steroid dienone is 12. The number of aliphatic hydroxyl groups excluding tert-OH is 5. The van der Waals surface area contributed by atoms with Crippen molar-refractivity contribution in [2.45, 2.75) is 198 Å². The molecule has 350 valence electrons. The van der Waals surface area contributed by atoms with E-state index in [9.17, 15) is 44.6 Å². The number of carbonyl (C=O) groups excluding carboxylic acids is 2. The molecule has 0 saturated heterocycles. The Morgan fingerprint density at radius 3 is 1.49 bits per heavy atom. The van der Waals surface area contributed by atoms with Crippen LogP contribution in [0.3, 0.4) is 0 Å². The number of unbranched alkanes of at least 4 members (excludes halogenated alkanes) is 12. The Hall–Kier alpha value is -2.71. The maximum absolute atomic E-state index is 12.8. The third-order valence-electron chi connectivity index (χ3n) is 10.0. The molecular formula is C47H79O13P. The third-order valence-corrected chi connectivity index (χ3v) is 11.0. The third kappa shape index (κ3) is 29.3. The Kier molecular flexibility index (Phi) is 33.9. The highest BCUT2D eigenvalue weighted by molar-refractivity contribution is 7.47. The minimum atomic E-state index is -5.13. The van der Waals surface area contributed by atoms with Crippen molar-refractivity contribution < 1.29 is 63.1 Å². The molecule has 1 aliphatic rings. The maximum atomic E-state index is 12.8. The summed E-state index contributed by atoms with van der Waals surface area (Å²) in [5.74, 6) is -1.18. The van der Waals surface area contributed by atoms with E-state index in [2.05, 4.69) is 74.6 Å². The van der Waals surface area contributed by atoms with Gasteiger partial charge in [-0.3, -0.25) is 18.6 Å². The van der Waals surface area contributed by atoms with E-state index in [1.165, 1.54) is 44.9 Å². The van der Waals surface area contributed by atoms with E-state index in [0.717, 1.165) is 64.2 Å². The lowest BCUT2D eigenvalue weighted by molar-refractivity contribution is -0.220. The zero-order chi connectivity index (χ0) is 45.0. The standard InChI is InChI=1S/C47H79O13P/c1-3-5-7-9-11-13-15-17-19-20-22-23-25-27-29-31-33-35-40(48)57-37-39(38-58-61(55,56)60-47-45(53)43(51)42(50)44(52)46(47)54)59-41(49)36-34-32-30-28-26-24-21-18-16-14-12-10-8-6-4-2/h5,7,10-13,17,19,22-23,27,29,39,42-47,50-54H,3-4,6,8-9,14-16,18,20-21,24-26,28,30-38H2,1-2H3,(H,55,56)/b7-5+,12-10+,13-11+,19-17+,23-22+,29-27+/t39-,42?,43-,44?,45?,46?,47?/m0/s1. The van der Waals surface area contributed by atoms with E-state index >= 15 is 0 Å². The molecule has 1 saturated carbocycles. The van der Waals surface area contributed by atoms with Gasteiger partial charge in [0.15, 0.2) is 6.10 Å². The summed E-state index contributed by atoms with van der Waals surface area (Å²) in [5.41, 5.74) is 0. The van der Waals surface area contributed by atoms with Gasteiger partial charge in [-0.15, -0.1) is 0 Å². The molecular weight excluding hydrogens is 803 g/mol. The fraction of sp³-hybridized carbons (Fsp3) is 0.702. The van der Waals surface area contributed by atoms with Crippen molar-refractivity contribution >= 4 is 19.8 Å². The molecule has 0 aromatic rings. The van der Waals surface area contributed by atoms with E-state index in [-0.39, 0.29) is 12.8 Å². The van der Waals surface area contributed by atoms with Crippen molar-refractivity contribution in [3.8, 4) is 0 Å². The largest absolute Gasteiger partial charge is 0.472 e. The number of phosphoric ester groups is 1. The van der Waals surface area contributed by atoms with Crippen LogP contribution in [0.1, 0.15) is 155 Å². The fourth-order valence-corrected chi connectivity index (χ4v) is 7.33. The molecule has 1 aliphatic carbocycles. The summed E-state index contributed by atoms with van der Waals surface area (Å²) in [7, 11) is -5.13. The van der Waals surface area contributed by atoms with Gasteiger partial charge in [0, 0.05) is 12.8 Å². The lowest BCUT2D eigenvalue weighted by Gasteiger charge is -2.41. The lowest BCUT2D eigenvalue weighted by Crippen LogP contribution is -2.64. The highest BCUT2D eigenvalue weighted by atomic mass is 31.2. The fourth-order valence-electron chi connectivity index (χ4n) is 6.36. The Morgan fingerprint density at radius 2 is 0.951 bits per heavy atom. The summed E-state index contributed by atoms with van der Waals surface area (Å²) in [5, 5.41) is 50.1. The molecule has 0 aromatic carbocycles. The SMILES string of the molecule is CC/C=C/C/C=C/C/C=C/C/C=C/C/C=C/CCCC(=O)OC[C@@H](COP(=O)(O)OC1C(O)C(O)C(O)[C@H](O)C1O)OC(=O)CCCCCCCCCCC/C=C/CCCC. The van der Waals surface area contributed by atoms with Crippen molar-refractivity contribution in [3.05, 3.63) is 72.9 Å². The molecule has 1 rings (SSSR count). The first-order chi connectivity index (χ1) is 29.4. The maximum Gasteiger partial charge on any atom is 0.472 e. The second-order valence-corrected chi connectivity index (χ2v) is 16.9. The van der Waals surface area contributed by atoms with Crippen LogP contribution in [0.4, 0.5) is 0 Å². The minimum Gasteiger partial charge on any atom is -0.462 e. The minimum absolute atomic E-state index is 0.0787. The molecule has 0 bridgehead atoms. The zero-order valence-electron chi connectivity index (χ0n) is 36.9. The predicted molar refractivity (Wildman–Crippen MR) is 239 cm³/mol. The van der Waals surface area contributed by atoms with Gasteiger partial charge in [-0.1, -0.05) is 145 Å². The van der Waals surface area contributed by atoms with Crippen molar-refractivity contribution in [3.63, 3.8) is 0 Å². The number of phosphoric acid groups is 1. The van der Waals surface area contributed by atoms with Gasteiger partial charge >= 0.3 is 19.8 Å². The second-order valence-electron chi connectivity index (χ2n) is 15.5. The van der Waals surface area contributed by atoms with E-state index in [1.54, 1.807) is 0 Å². The molecule has 13 nitrogen and oxygen atoms in total. The van der Waals surface area contributed by atoms with Gasteiger partial charge in [0.25, 0.3) is 0 Å². The molecule has 0 heterocycles. The quantitative estimate of drug-likeness (QED) is 0.0151. The van der Waals surface area contributed by atoms with Crippen LogP contribution in [0.25, 0.3) is 0 Å². The van der Waals surface area contributed by atoms with E-state index in [4.69, 9.17) is 18.5 Å². The van der Waals surface area contributed by atoms with Crippen LogP contribution in [0.2, 0.25) is 0 Å². The zero-order valence-corrected chi connectivity index (χ0v) is 37.8. The van der Waals surface area contributed by atoms with Crippen LogP contribution in [0, 0.1) is 0 Å². The molecule has 6 unspecified atom stereocenters. The molecule has 6 N–H and O–H groups in total. The van der Waals surface area contributed by atoms with Crippen molar-refractivity contribution in [2.24, 2.45) is 0 Å². The van der Waals surface area contributed by atoms with Gasteiger partial charge in [-0.25, -0.2) is 4.57 Å². The van der Waals surface area contributed by atoms with E-state index < -0.39 is 75.7 Å². The highest BCUT2D eigenvalue weighted by Gasteiger charge is 2.51. The summed E-state index contributed by atoms with van der Waals surface area (Å²) in [4.78, 5) is 35.7. The Labute approximate surface area is 365 Å². The number of hydrogen-bond donors (Lipinski definition) is 6. The molecule has 0 amide bonds. The van der Waals surface area contributed by atoms with E-state index in [0.29, 0.717) is 19.3 Å². The molecule has 1 fully saturated rings. The van der Waals surface area contributed by atoms with Crippen molar-refractivity contribution in [1.82, 2.24) is 0 Å². The predicted octanol–water partition coefficient (Wildman–Crippen LogP) is 8.72. The topological polar surface area (TPSA) is 210 Å². The molecule has 0 aliphatic heterocycles. The Bertz CT molecular complexity index is 1340. The first kappa shape index (κ1) is 56.3. The van der Waals surface area contributed by atoms with Crippen LogP contribution in [-0.4, -0.2) is 98.3 Å². The average molecular weight is 883 g/mol. The highest BCUT2D eigenvalue weighted by Crippen LogP contribution is 2.47. The van der Waals surface area contributed by atoms with Gasteiger partial charge in [0.1, 0.15) is 43.2 Å². The van der Waals surface area contributed by atoms with Crippen molar-refractivity contribution in [1.29, 1.82) is 0 Å². The first-order valence-electron chi connectivity index (χ1n) is 22.7. The molecule has 0 spiro atoms. The van der Waals surface area contributed by atoms with Gasteiger partial charge in [-0.2, -0.15) is 0 Å². The molecule has 8 atom stereocenters. The number of hydrogen-bond acceptors (Lipinski definition) is 12. The van der Waals surface area contributed by atoms with Gasteiger partial charge in [0.05, 0.1) is 6.61 Å². The first-order valence-corrected chi connectivity index (χ1v) is 24.2. The average Bonchev–Trinajstić information content (AvgIpc) is 3.24. The summed E-state index contributed by atoms with van der Waals surface area (Å²) < 4.78 is 33.4. The molecule has 0 radical (unpaired) electrons. The molecule has 14 heteroatoms. The van der Waals surface area contributed by atoms with Crippen molar-refractivity contribution in [2.75, 3.05) is 13.2 Å². The van der Waals surface area contributed by atoms with Crippen LogP contribution < -0.4 is 0 Å². The van der Waals surface area contributed by atoms with Crippen LogP contribution in [0.5, 0.6) is 0 Å². The lowest BCUT2D eigenvalue weighted by atomic mass is 9.85. The number of ether oxygens (including phenoxy) is 2. The number of esters is 2. The normalized spacial score (nSPS) is 22.7. The summed E-state index contributed by atoms with van der Waals surface area (Å²) >= 11 is 0. The van der Waals surface area contributed by atoms with Crippen LogP contribution in [0.15, 0.2) is 72.9 Å². The van der Waals surface area contributed by atoms with Crippen LogP contribution in [-0.2, 0) is 32.7 Å². The smallest absolute Gasteiger partial charge is 0.462 e. The number of aliphatic hydroxyl groups is 5.